The number of thiocarbonyl (C=S) groups is 1. The third-order valence-electron chi connectivity index (χ3n) is 4.67. The van der Waals surface area contributed by atoms with Gasteiger partial charge in [-0.3, -0.25) is 10.1 Å². The number of nitrogens with one attached hydrogen (secondary N) is 3. The number of aromatic amines is 1. The largest absolute Gasteiger partial charge is 0.496 e. The molecule has 1 amide bonds. The normalized spacial score (nSPS) is 10.5. The zero-order chi connectivity index (χ0) is 21.8. The lowest BCUT2D eigenvalue weighted by atomic mass is 10.1. The highest BCUT2D eigenvalue weighted by molar-refractivity contribution is 7.80. The lowest BCUT2D eigenvalue weighted by Crippen LogP contribution is -2.34. The van der Waals surface area contributed by atoms with Crippen LogP contribution in [0.3, 0.4) is 0 Å². The van der Waals surface area contributed by atoms with Crippen LogP contribution in [0.4, 0.5) is 5.69 Å². The van der Waals surface area contributed by atoms with Crippen molar-refractivity contribution >= 4 is 40.0 Å². The molecule has 0 atom stereocenters. The van der Waals surface area contributed by atoms with E-state index >= 15 is 0 Å². The van der Waals surface area contributed by atoms with E-state index in [0.717, 1.165) is 28.1 Å². The van der Waals surface area contributed by atoms with Gasteiger partial charge in [-0.25, -0.2) is 4.98 Å². The smallest absolute Gasteiger partial charge is 0.264 e. The fraction of sp³-hybridized carbons (Fsp3) is 0.0870. The Morgan fingerprint density at radius 1 is 0.968 bits per heavy atom. The number of imidazole rings is 1. The van der Waals surface area contributed by atoms with Gasteiger partial charge in [-0.15, -0.1) is 0 Å². The summed E-state index contributed by atoms with van der Waals surface area (Å²) in [5.74, 6) is 1.11. The number of carbonyl (C=O) groups is 1. The summed E-state index contributed by atoms with van der Waals surface area (Å²) < 4.78 is 10.6. The molecule has 4 aromatic rings. The van der Waals surface area contributed by atoms with Crippen molar-refractivity contribution in [2.75, 3.05) is 19.5 Å². The summed E-state index contributed by atoms with van der Waals surface area (Å²) in [6.07, 6.45) is 0. The average molecular weight is 433 g/mol. The van der Waals surface area contributed by atoms with Crippen molar-refractivity contribution < 1.29 is 14.3 Å². The summed E-state index contributed by atoms with van der Waals surface area (Å²) in [5.41, 5.74) is 3.73. The van der Waals surface area contributed by atoms with Gasteiger partial charge in [0.15, 0.2) is 5.11 Å². The molecule has 1 heterocycles. The molecule has 8 heteroatoms. The molecule has 0 aliphatic heterocycles. The molecule has 0 radical (unpaired) electrons. The van der Waals surface area contributed by atoms with Crippen molar-refractivity contribution in [1.29, 1.82) is 0 Å². The number of fused-ring (bicyclic) bond motifs is 1. The maximum atomic E-state index is 12.8. The molecule has 4 rings (SSSR count). The third kappa shape index (κ3) is 4.34. The molecule has 0 bridgehead atoms. The summed E-state index contributed by atoms with van der Waals surface area (Å²) >= 11 is 5.34. The Balaban J connectivity index is 1.51. The summed E-state index contributed by atoms with van der Waals surface area (Å²) in [4.78, 5) is 20.7. The van der Waals surface area contributed by atoms with Gasteiger partial charge in [-0.05, 0) is 48.6 Å². The lowest BCUT2D eigenvalue weighted by Gasteiger charge is -2.14. The van der Waals surface area contributed by atoms with Gasteiger partial charge < -0.3 is 19.8 Å². The number of carbonyl (C=O) groups excluding carboxylic acids is 1. The molecular formula is C23H20N4O3S. The highest BCUT2D eigenvalue weighted by Gasteiger charge is 2.19. The van der Waals surface area contributed by atoms with Crippen molar-refractivity contribution in [3.63, 3.8) is 0 Å². The van der Waals surface area contributed by atoms with Crippen LogP contribution in [0.25, 0.3) is 22.4 Å². The first-order valence-corrected chi connectivity index (χ1v) is 9.88. The number of H-pyrrole nitrogens is 1. The van der Waals surface area contributed by atoms with Crippen LogP contribution in [0, 0.1) is 0 Å². The Morgan fingerprint density at radius 3 is 2.39 bits per heavy atom. The van der Waals surface area contributed by atoms with E-state index < -0.39 is 5.91 Å². The monoisotopic (exact) mass is 432 g/mol. The van der Waals surface area contributed by atoms with Gasteiger partial charge in [0.1, 0.15) is 22.9 Å². The van der Waals surface area contributed by atoms with E-state index in [1.165, 1.54) is 14.2 Å². The Bertz CT molecular complexity index is 1210. The van der Waals surface area contributed by atoms with Crippen LogP contribution < -0.4 is 20.1 Å². The molecule has 0 saturated heterocycles. The van der Waals surface area contributed by atoms with Crippen LogP contribution >= 0.6 is 12.2 Å². The first-order chi connectivity index (χ1) is 15.1. The standard InChI is InChI=1S/C23H20N4O3S/c1-29-18-11-6-12-19(30-2)20(18)22(28)27-23(31)24-15-8-5-7-14(13-15)21-25-16-9-3-4-10-17(16)26-21/h3-13H,1-2H3,(H,25,26)(H2,24,27,28,31). The van der Waals surface area contributed by atoms with Gasteiger partial charge in [0.2, 0.25) is 0 Å². The van der Waals surface area contributed by atoms with Crippen LogP contribution in [0.5, 0.6) is 11.5 Å². The molecule has 0 aliphatic rings. The molecule has 0 spiro atoms. The molecule has 0 aliphatic carbocycles. The van der Waals surface area contributed by atoms with Crippen molar-refractivity contribution in [3.8, 4) is 22.9 Å². The first-order valence-electron chi connectivity index (χ1n) is 9.47. The van der Waals surface area contributed by atoms with Crippen molar-refractivity contribution in [1.82, 2.24) is 15.3 Å². The molecule has 0 unspecified atom stereocenters. The molecular weight excluding hydrogens is 412 g/mol. The van der Waals surface area contributed by atoms with E-state index in [1.54, 1.807) is 18.2 Å². The molecule has 31 heavy (non-hydrogen) atoms. The van der Waals surface area contributed by atoms with E-state index in [9.17, 15) is 4.79 Å². The number of rotatable bonds is 5. The summed E-state index contributed by atoms with van der Waals surface area (Å²) in [7, 11) is 2.98. The second-order valence-electron chi connectivity index (χ2n) is 6.63. The Labute approximate surface area is 184 Å². The van der Waals surface area contributed by atoms with Gasteiger partial charge in [-0.1, -0.05) is 30.3 Å². The number of benzene rings is 3. The number of hydrogen-bond acceptors (Lipinski definition) is 5. The number of ether oxygens (including phenoxy) is 2. The molecule has 156 valence electrons. The summed E-state index contributed by atoms with van der Waals surface area (Å²) in [6.45, 7) is 0. The number of aromatic nitrogens is 2. The van der Waals surface area contributed by atoms with Crippen LogP contribution in [0.1, 0.15) is 10.4 Å². The second kappa shape index (κ2) is 8.85. The van der Waals surface area contributed by atoms with E-state index in [2.05, 4.69) is 20.6 Å². The van der Waals surface area contributed by atoms with Crippen LogP contribution in [-0.4, -0.2) is 35.2 Å². The third-order valence-corrected chi connectivity index (χ3v) is 4.87. The maximum Gasteiger partial charge on any atom is 0.264 e. The Kier molecular flexibility index (Phi) is 5.81. The van der Waals surface area contributed by atoms with Gasteiger partial charge in [0.25, 0.3) is 5.91 Å². The number of nitrogens with zero attached hydrogens (tertiary/aromatic N) is 1. The fourth-order valence-corrected chi connectivity index (χ4v) is 3.45. The van der Waals surface area contributed by atoms with Gasteiger partial charge in [0, 0.05) is 11.3 Å². The number of methoxy groups -OCH3 is 2. The van der Waals surface area contributed by atoms with Crippen molar-refractivity contribution in [2.45, 2.75) is 0 Å². The molecule has 1 aromatic heterocycles. The SMILES string of the molecule is COc1cccc(OC)c1C(=O)NC(=S)Nc1cccc(-c2nc3ccccc3[nH]2)c1. The minimum atomic E-state index is -0.430. The average Bonchev–Trinajstić information content (AvgIpc) is 3.23. The number of hydrogen-bond donors (Lipinski definition) is 3. The maximum absolute atomic E-state index is 12.8. The Hall–Kier alpha value is -3.91. The number of para-hydroxylation sites is 2. The fourth-order valence-electron chi connectivity index (χ4n) is 3.24. The highest BCUT2D eigenvalue weighted by Crippen LogP contribution is 2.28. The van der Waals surface area contributed by atoms with Crippen LogP contribution in [0.2, 0.25) is 0 Å². The van der Waals surface area contributed by atoms with Crippen molar-refractivity contribution in [2.24, 2.45) is 0 Å². The van der Waals surface area contributed by atoms with Gasteiger partial charge in [0.05, 0.1) is 25.3 Å². The van der Waals surface area contributed by atoms with Crippen LogP contribution in [0.15, 0.2) is 66.7 Å². The Morgan fingerprint density at radius 2 is 1.68 bits per heavy atom. The van der Waals surface area contributed by atoms with Gasteiger partial charge >= 0.3 is 0 Å². The van der Waals surface area contributed by atoms with Crippen LogP contribution in [-0.2, 0) is 0 Å². The number of anilines is 1. The van der Waals surface area contributed by atoms with Gasteiger partial charge in [-0.2, -0.15) is 0 Å². The summed E-state index contributed by atoms with van der Waals surface area (Å²) in [5, 5.41) is 5.86. The minimum Gasteiger partial charge on any atom is -0.496 e. The molecule has 3 N–H and O–H groups in total. The molecule has 3 aromatic carbocycles. The quantitative estimate of drug-likeness (QED) is 0.406. The predicted molar refractivity (Wildman–Crippen MR) is 125 cm³/mol. The highest BCUT2D eigenvalue weighted by atomic mass is 32.1. The molecule has 0 saturated carbocycles. The van der Waals surface area contributed by atoms with E-state index in [4.69, 9.17) is 21.7 Å². The lowest BCUT2D eigenvalue weighted by molar-refractivity contribution is 0.0971. The molecule has 0 fully saturated rings. The van der Waals surface area contributed by atoms with E-state index in [1.807, 2.05) is 48.5 Å². The topological polar surface area (TPSA) is 88.3 Å². The van der Waals surface area contributed by atoms with E-state index in [0.29, 0.717) is 11.5 Å². The van der Waals surface area contributed by atoms with Crippen molar-refractivity contribution in [3.05, 3.63) is 72.3 Å². The summed E-state index contributed by atoms with van der Waals surface area (Å²) in [6, 6.07) is 20.5. The minimum absolute atomic E-state index is 0.153. The van der Waals surface area contributed by atoms with E-state index in [-0.39, 0.29) is 10.7 Å². The number of amides is 1. The molecule has 7 nitrogen and oxygen atoms in total. The predicted octanol–water partition coefficient (Wildman–Crippen LogP) is 4.37. The second-order valence-corrected chi connectivity index (χ2v) is 7.04. The zero-order valence-corrected chi connectivity index (χ0v) is 17.7. The zero-order valence-electron chi connectivity index (χ0n) is 16.9. The first kappa shape index (κ1) is 20.4.